The molecule has 2 aromatic rings. The molecule has 1 heterocycles. The number of benzene rings is 2. The number of alkyl halides is 2. The van der Waals surface area contributed by atoms with Crippen molar-refractivity contribution in [3.63, 3.8) is 0 Å². The number of carbonyl (C=O) groups is 3. The van der Waals surface area contributed by atoms with Crippen LogP contribution in [0.3, 0.4) is 0 Å². The predicted molar refractivity (Wildman–Crippen MR) is 82.5 cm³/mol. The summed E-state index contributed by atoms with van der Waals surface area (Å²) in [5, 5.41) is 9.12. The normalized spacial score (nSPS) is 13.3. The average Bonchev–Trinajstić information content (AvgIpc) is 2.84. The minimum atomic E-state index is -2.77. The van der Waals surface area contributed by atoms with Crippen LogP contribution in [-0.2, 0) is 0 Å². The van der Waals surface area contributed by atoms with Gasteiger partial charge in [-0.05, 0) is 30.3 Å². The van der Waals surface area contributed by atoms with Crippen molar-refractivity contribution in [2.24, 2.45) is 0 Å². The molecule has 2 amide bonds. The van der Waals surface area contributed by atoms with Gasteiger partial charge in [-0.3, -0.25) is 9.59 Å². The number of aromatic carboxylic acids is 1. The number of anilines is 1. The van der Waals surface area contributed by atoms with Crippen LogP contribution in [-0.4, -0.2) is 35.9 Å². The number of carbonyl (C=O) groups excluding carboxylic acids is 2. The SMILES string of the molecule is O=C(O)c1ccc(OCC(F)F)c(N2C(=O)c3ccccc3C2=O)c1. The summed E-state index contributed by atoms with van der Waals surface area (Å²) < 4.78 is 29.8. The number of nitrogens with zero attached hydrogens (tertiary/aromatic N) is 1. The van der Waals surface area contributed by atoms with Crippen LogP contribution in [0.1, 0.15) is 31.1 Å². The fraction of sp³-hybridized carbons (Fsp3) is 0.118. The van der Waals surface area contributed by atoms with Gasteiger partial charge in [0.05, 0.1) is 22.4 Å². The first-order valence-corrected chi connectivity index (χ1v) is 7.16. The lowest BCUT2D eigenvalue weighted by atomic mass is 10.1. The highest BCUT2D eigenvalue weighted by Gasteiger charge is 2.38. The summed E-state index contributed by atoms with van der Waals surface area (Å²) in [6, 6.07) is 9.40. The monoisotopic (exact) mass is 347 g/mol. The maximum Gasteiger partial charge on any atom is 0.335 e. The lowest BCUT2D eigenvalue weighted by Gasteiger charge is -2.19. The van der Waals surface area contributed by atoms with Crippen molar-refractivity contribution < 1.29 is 33.0 Å². The number of amides is 2. The van der Waals surface area contributed by atoms with Gasteiger partial charge in [0.25, 0.3) is 18.2 Å². The molecule has 1 aliphatic heterocycles. The number of carboxylic acids is 1. The lowest BCUT2D eigenvalue weighted by molar-refractivity contribution is 0.0694. The summed E-state index contributed by atoms with van der Waals surface area (Å²) in [6.45, 7) is -0.956. The summed E-state index contributed by atoms with van der Waals surface area (Å²) >= 11 is 0. The van der Waals surface area contributed by atoms with Gasteiger partial charge >= 0.3 is 5.97 Å². The molecule has 0 aromatic heterocycles. The summed E-state index contributed by atoms with van der Waals surface area (Å²) in [4.78, 5) is 37.0. The molecule has 0 atom stereocenters. The zero-order valence-electron chi connectivity index (χ0n) is 12.6. The van der Waals surface area contributed by atoms with Crippen molar-refractivity contribution in [2.45, 2.75) is 6.43 Å². The molecule has 0 aliphatic carbocycles. The van der Waals surface area contributed by atoms with Gasteiger partial charge in [-0.15, -0.1) is 0 Å². The standard InChI is InChI=1S/C17H11F2NO5/c18-14(19)8-25-13-6-5-9(17(23)24)7-12(13)20-15(21)10-3-1-2-4-11(10)16(20)22/h1-7,14H,8H2,(H,23,24). The Balaban J connectivity index is 2.09. The average molecular weight is 347 g/mol. The Hall–Kier alpha value is -3.29. The van der Waals surface area contributed by atoms with Crippen molar-refractivity contribution in [3.8, 4) is 5.75 Å². The molecule has 0 saturated heterocycles. The Morgan fingerprint density at radius 3 is 2.20 bits per heavy atom. The predicted octanol–water partition coefficient (Wildman–Crippen LogP) is 2.83. The van der Waals surface area contributed by atoms with Crippen molar-refractivity contribution in [1.29, 1.82) is 0 Å². The van der Waals surface area contributed by atoms with Crippen LogP contribution in [0, 0.1) is 0 Å². The fourth-order valence-corrected chi connectivity index (χ4v) is 2.51. The maximum atomic E-state index is 12.5. The molecule has 0 bridgehead atoms. The summed E-state index contributed by atoms with van der Waals surface area (Å²) in [5.41, 5.74) is -0.108. The Labute approximate surface area is 140 Å². The Morgan fingerprint density at radius 2 is 1.68 bits per heavy atom. The molecule has 0 unspecified atom stereocenters. The number of fused-ring (bicyclic) bond motifs is 1. The first-order valence-electron chi connectivity index (χ1n) is 7.16. The van der Waals surface area contributed by atoms with E-state index >= 15 is 0 Å². The molecule has 2 aromatic carbocycles. The lowest BCUT2D eigenvalue weighted by Crippen LogP contribution is -2.30. The third-order valence-corrected chi connectivity index (χ3v) is 3.61. The zero-order chi connectivity index (χ0) is 18.1. The van der Waals surface area contributed by atoms with Crippen LogP contribution in [0.4, 0.5) is 14.5 Å². The molecular weight excluding hydrogens is 336 g/mol. The highest BCUT2D eigenvalue weighted by atomic mass is 19.3. The van der Waals surface area contributed by atoms with Crippen LogP contribution >= 0.6 is 0 Å². The van der Waals surface area contributed by atoms with Crippen LogP contribution in [0.5, 0.6) is 5.75 Å². The van der Waals surface area contributed by atoms with Gasteiger partial charge in [0.2, 0.25) is 0 Å². The molecule has 0 saturated carbocycles. The molecule has 6 nitrogen and oxygen atoms in total. The van der Waals surface area contributed by atoms with Crippen LogP contribution in [0.2, 0.25) is 0 Å². The van der Waals surface area contributed by atoms with E-state index in [1.165, 1.54) is 12.1 Å². The highest BCUT2D eigenvalue weighted by Crippen LogP contribution is 2.36. The molecule has 0 fully saturated rings. The maximum absolute atomic E-state index is 12.5. The van der Waals surface area contributed by atoms with Crippen molar-refractivity contribution in [2.75, 3.05) is 11.5 Å². The smallest absolute Gasteiger partial charge is 0.335 e. The van der Waals surface area contributed by atoms with E-state index in [-0.39, 0.29) is 28.1 Å². The third-order valence-electron chi connectivity index (χ3n) is 3.61. The second kappa shape index (κ2) is 6.31. The fourth-order valence-electron chi connectivity index (χ4n) is 2.51. The van der Waals surface area contributed by atoms with Gasteiger partial charge < -0.3 is 9.84 Å². The minimum Gasteiger partial charge on any atom is -0.485 e. The second-order valence-corrected chi connectivity index (χ2v) is 5.18. The van der Waals surface area contributed by atoms with Gasteiger partial charge in [0.1, 0.15) is 12.4 Å². The van der Waals surface area contributed by atoms with Crippen molar-refractivity contribution in [1.82, 2.24) is 0 Å². The topological polar surface area (TPSA) is 83.9 Å². The molecule has 0 radical (unpaired) electrons. The van der Waals surface area contributed by atoms with Gasteiger partial charge in [0.15, 0.2) is 0 Å². The van der Waals surface area contributed by atoms with Crippen molar-refractivity contribution in [3.05, 3.63) is 59.2 Å². The van der Waals surface area contributed by atoms with E-state index in [4.69, 9.17) is 9.84 Å². The number of hydrogen-bond donors (Lipinski definition) is 1. The highest BCUT2D eigenvalue weighted by molar-refractivity contribution is 6.35. The second-order valence-electron chi connectivity index (χ2n) is 5.18. The van der Waals surface area contributed by atoms with Crippen LogP contribution in [0.15, 0.2) is 42.5 Å². The summed E-state index contributed by atoms with van der Waals surface area (Å²) in [5.74, 6) is -2.83. The van der Waals surface area contributed by atoms with Gasteiger partial charge in [0, 0.05) is 0 Å². The first kappa shape index (κ1) is 16.6. The van der Waals surface area contributed by atoms with Gasteiger partial charge in [-0.25, -0.2) is 18.5 Å². The number of carboxylic acid groups (broad SMARTS) is 1. The van der Waals surface area contributed by atoms with E-state index in [0.29, 0.717) is 0 Å². The molecule has 1 N–H and O–H groups in total. The van der Waals surface area contributed by atoms with E-state index < -0.39 is 30.8 Å². The van der Waals surface area contributed by atoms with E-state index in [1.807, 2.05) is 0 Å². The Kier molecular flexibility index (Phi) is 4.18. The number of ether oxygens (including phenoxy) is 1. The zero-order valence-corrected chi connectivity index (χ0v) is 12.6. The van der Waals surface area contributed by atoms with E-state index in [9.17, 15) is 23.2 Å². The Bertz CT molecular complexity index is 846. The molecule has 25 heavy (non-hydrogen) atoms. The van der Waals surface area contributed by atoms with Crippen LogP contribution < -0.4 is 9.64 Å². The molecular formula is C17H11F2NO5. The van der Waals surface area contributed by atoms with Crippen molar-refractivity contribution >= 4 is 23.5 Å². The molecule has 128 valence electrons. The number of rotatable bonds is 5. The number of hydrogen-bond acceptors (Lipinski definition) is 4. The van der Waals surface area contributed by atoms with E-state index in [0.717, 1.165) is 23.1 Å². The molecule has 8 heteroatoms. The van der Waals surface area contributed by atoms with E-state index in [1.54, 1.807) is 12.1 Å². The molecule has 3 rings (SSSR count). The van der Waals surface area contributed by atoms with Crippen LogP contribution in [0.25, 0.3) is 0 Å². The third kappa shape index (κ3) is 2.93. The van der Waals surface area contributed by atoms with E-state index in [2.05, 4.69) is 0 Å². The summed E-state index contributed by atoms with van der Waals surface area (Å²) in [6.07, 6.45) is -2.77. The number of imide groups is 1. The van der Waals surface area contributed by atoms with Gasteiger partial charge in [-0.2, -0.15) is 0 Å². The summed E-state index contributed by atoms with van der Waals surface area (Å²) in [7, 11) is 0. The minimum absolute atomic E-state index is 0.146. The van der Waals surface area contributed by atoms with Gasteiger partial charge in [-0.1, -0.05) is 12.1 Å². The molecule has 0 spiro atoms. The Morgan fingerprint density at radius 1 is 1.08 bits per heavy atom. The number of halogens is 2. The molecule has 1 aliphatic rings. The quantitative estimate of drug-likeness (QED) is 0.841. The first-order chi connectivity index (χ1) is 11.9. The largest absolute Gasteiger partial charge is 0.485 e.